The van der Waals surface area contributed by atoms with Crippen molar-refractivity contribution in [1.29, 1.82) is 0 Å². The standard InChI is InChI=1S/C20H26N2O3S2/c1-16(2)22-27(24,25)15-18-10-8-17(9-11-18)14-21-20(23)12-13-26-19-6-4-3-5-7-19/h3-11,16,22H,12-15H2,1-2H3,(H,21,23). The molecular formula is C20H26N2O3S2. The van der Waals surface area contributed by atoms with E-state index in [1.54, 1.807) is 37.7 Å². The van der Waals surface area contributed by atoms with Crippen LogP contribution in [0.3, 0.4) is 0 Å². The Labute approximate surface area is 166 Å². The third-order valence-corrected chi connectivity index (χ3v) is 6.18. The summed E-state index contributed by atoms with van der Waals surface area (Å²) < 4.78 is 26.5. The minimum Gasteiger partial charge on any atom is -0.352 e. The van der Waals surface area contributed by atoms with Gasteiger partial charge in [-0.25, -0.2) is 13.1 Å². The predicted octanol–water partition coefficient (Wildman–Crippen LogP) is 3.31. The van der Waals surface area contributed by atoms with Crippen LogP contribution in [-0.2, 0) is 27.1 Å². The van der Waals surface area contributed by atoms with Gasteiger partial charge in [0.25, 0.3) is 0 Å². The average Bonchev–Trinajstić information content (AvgIpc) is 2.60. The van der Waals surface area contributed by atoms with Crippen molar-refractivity contribution in [3.8, 4) is 0 Å². The summed E-state index contributed by atoms with van der Waals surface area (Å²) in [6.07, 6.45) is 0.455. The van der Waals surface area contributed by atoms with Gasteiger partial charge >= 0.3 is 0 Å². The van der Waals surface area contributed by atoms with E-state index in [0.717, 1.165) is 21.8 Å². The van der Waals surface area contributed by atoms with E-state index < -0.39 is 10.0 Å². The third-order valence-electron chi connectivity index (χ3n) is 3.63. The molecule has 0 radical (unpaired) electrons. The van der Waals surface area contributed by atoms with Gasteiger partial charge in [-0.3, -0.25) is 4.79 Å². The van der Waals surface area contributed by atoms with Gasteiger partial charge in [0.1, 0.15) is 0 Å². The Balaban J connectivity index is 1.73. The van der Waals surface area contributed by atoms with Crippen LogP contribution < -0.4 is 10.0 Å². The van der Waals surface area contributed by atoms with Crippen LogP contribution in [0.5, 0.6) is 0 Å². The van der Waals surface area contributed by atoms with Crippen LogP contribution in [0.1, 0.15) is 31.4 Å². The Morgan fingerprint density at radius 3 is 2.26 bits per heavy atom. The van der Waals surface area contributed by atoms with E-state index >= 15 is 0 Å². The summed E-state index contributed by atoms with van der Waals surface area (Å²) in [4.78, 5) is 13.1. The number of amides is 1. The summed E-state index contributed by atoms with van der Waals surface area (Å²) in [5.41, 5.74) is 1.66. The quantitative estimate of drug-likeness (QED) is 0.594. The zero-order chi connectivity index (χ0) is 19.7. The van der Waals surface area contributed by atoms with Gasteiger partial charge < -0.3 is 5.32 Å². The van der Waals surface area contributed by atoms with Crippen LogP contribution in [0, 0.1) is 0 Å². The summed E-state index contributed by atoms with van der Waals surface area (Å²) in [7, 11) is -3.33. The van der Waals surface area contributed by atoms with Crippen LogP contribution in [0.2, 0.25) is 0 Å². The Kier molecular flexibility index (Phi) is 8.34. The van der Waals surface area contributed by atoms with Crippen molar-refractivity contribution in [2.45, 2.75) is 43.5 Å². The largest absolute Gasteiger partial charge is 0.352 e. The van der Waals surface area contributed by atoms with E-state index in [9.17, 15) is 13.2 Å². The normalized spacial score (nSPS) is 11.5. The molecule has 2 rings (SSSR count). The van der Waals surface area contributed by atoms with Crippen molar-refractivity contribution < 1.29 is 13.2 Å². The van der Waals surface area contributed by atoms with Gasteiger partial charge in [-0.1, -0.05) is 42.5 Å². The second-order valence-corrected chi connectivity index (χ2v) is 9.46. The molecule has 2 aromatic carbocycles. The minimum absolute atomic E-state index is 0.00576. The summed E-state index contributed by atoms with van der Waals surface area (Å²) >= 11 is 1.66. The first-order chi connectivity index (χ1) is 12.8. The van der Waals surface area contributed by atoms with Crippen molar-refractivity contribution >= 4 is 27.7 Å². The van der Waals surface area contributed by atoms with Crippen LogP contribution in [0.4, 0.5) is 0 Å². The Morgan fingerprint density at radius 1 is 1.00 bits per heavy atom. The molecule has 0 aliphatic heterocycles. The lowest BCUT2D eigenvalue weighted by Gasteiger charge is -2.10. The van der Waals surface area contributed by atoms with Crippen molar-refractivity contribution in [3.05, 3.63) is 65.7 Å². The Hall–Kier alpha value is -1.83. The molecule has 0 unspecified atom stereocenters. The molecule has 1 amide bonds. The number of hydrogen-bond acceptors (Lipinski definition) is 4. The van der Waals surface area contributed by atoms with E-state index in [1.807, 2.05) is 42.5 Å². The van der Waals surface area contributed by atoms with Gasteiger partial charge in [0, 0.05) is 29.7 Å². The topological polar surface area (TPSA) is 75.3 Å². The third kappa shape index (κ3) is 8.60. The molecule has 0 atom stereocenters. The second kappa shape index (κ2) is 10.5. The zero-order valence-corrected chi connectivity index (χ0v) is 17.3. The number of rotatable bonds is 10. The predicted molar refractivity (Wildman–Crippen MR) is 111 cm³/mol. The van der Waals surface area contributed by atoms with Gasteiger partial charge in [0.05, 0.1) is 5.75 Å². The molecule has 0 aromatic heterocycles. The molecule has 0 aliphatic rings. The first-order valence-corrected chi connectivity index (χ1v) is 11.5. The van der Waals surface area contributed by atoms with Crippen molar-refractivity contribution in [2.24, 2.45) is 0 Å². The number of benzene rings is 2. The molecule has 7 heteroatoms. The van der Waals surface area contributed by atoms with Crippen LogP contribution >= 0.6 is 11.8 Å². The highest BCUT2D eigenvalue weighted by Crippen LogP contribution is 2.17. The van der Waals surface area contributed by atoms with E-state index in [1.165, 1.54) is 0 Å². The minimum atomic E-state index is -3.33. The van der Waals surface area contributed by atoms with Crippen molar-refractivity contribution in [1.82, 2.24) is 10.0 Å². The zero-order valence-electron chi connectivity index (χ0n) is 15.6. The van der Waals surface area contributed by atoms with E-state index in [4.69, 9.17) is 0 Å². The Morgan fingerprint density at radius 2 is 1.63 bits per heavy atom. The molecule has 0 heterocycles. The maximum Gasteiger partial charge on any atom is 0.221 e. The molecule has 0 saturated heterocycles. The SMILES string of the molecule is CC(C)NS(=O)(=O)Cc1ccc(CNC(=O)CCSc2ccccc2)cc1. The van der Waals surface area contributed by atoms with E-state index in [2.05, 4.69) is 10.0 Å². The molecule has 2 N–H and O–H groups in total. The fraction of sp³-hybridized carbons (Fsp3) is 0.350. The monoisotopic (exact) mass is 406 g/mol. The van der Waals surface area contributed by atoms with E-state index in [0.29, 0.717) is 13.0 Å². The molecule has 27 heavy (non-hydrogen) atoms. The van der Waals surface area contributed by atoms with Crippen molar-refractivity contribution in [2.75, 3.05) is 5.75 Å². The molecule has 0 saturated carbocycles. The lowest BCUT2D eigenvalue weighted by atomic mass is 10.1. The summed E-state index contributed by atoms with van der Waals surface area (Å²) in [5.74, 6) is 0.690. The molecular weight excluding hydrogens is 380 g/mol. The van der Waals surface area contributed by atoms with Gasteiger partial charge in [0.2, 0.25) is 15.9 Å². The first kappa shape index (κ1) is 21.5. The number of thioether (sulfide) groups is 1. The maximum absolute atomic E-state index is 12.0. The lowest BCUT2D eigenvalue weighted by Crippen LogP contribution is -2.31. The number of sulfonamides is 1. The summed E-state index contributed by atoms with van der Waals surface area (Å²) in [6, 6.07) is 17.1. The molecule has 0 fully saturated rings. The van der Waals surface area contributed by atoms with Crippen LogP contribution in [-0.4, -0.2) is 26.1 Å². The average molecular weight is 407 g/mol. The molecule has 5 nitrogen and oxygen atoms in total. The fourth-order valence-corrected chi connectivity index (χ4v) is 4.75. The number of hydrogen-bond donors (Lipinski definition) is 2. The molecule has 0 spiro atoms. The van der Waals surface area contributed by atoms with Gasteiger partial charge in [-0.15, -0.1) is 11.8 Å². The van der Waals surface area contributed by atoms with Gasteiger partial charge in [-0.2, -0.15) is 0 Å². The maximum atomic E-state index is 12.0. The number of carbonyl (C=O) groups excluding carboxylic acids is 1. The van der Waals surface area contributed by atoms with Gasteiger partial charge in [-0.05, 0) is 37.1 Å². The summed E-state index contributed by atoms with van der Waals surface area (Å²) in [6.45, 7) is 4.02. The molecule has 0 bridgehead atoms. The smallest absolute Gasteiger partial charge is 0.221 e. The van der Waals surface area contributed by atoms with E-state index in [-0.39, 0.29) is 17.7 Å². The van der Waals surface area contributed by atoms with Crippen LogP contribution in [0.25, 0.3) is 0 Å². The van der Waals surface area contributed by atoms with Crippen molar-refractivity contribution in [3.63, 3.8) is 0 Å². The number of carbonyl (C=O) groups is 1. The highest BCUT2D eigenvalue weighted by Gasteiger charge is 2.12. The molecule has 146 valence electrons. The highest BCUT2D eigenvalue weighted by atomic mass is 32.2. The lowest BCUT2D eigenvalue weighted by molar-refractivity contribution is -0.120. The fourth-order valence-electron chi connectivity index (χ4n) is 2.44. The number of nitrogens with one attached hydrogen (secondary N) is 2. The molecule has 0 aliphatic carbocycles. The first-order valence-electron chi connectivity index (χ1n) is 8.86. The molecule has 2 aromatic rings. The second-order valence-electron chi connectivity index (χ2n) is 6.54. The Bertz CT molecular complexity index is 820. The van der Waals surface area contributed by atoms with Crippen LogP contribution in [0.15, 0.2) is 59.5 Å². The van der Waals surface area contributed by atoms with Gasteiger partial charge in [0.15, 0.2) is 0 Å². The highest BCUT2D eigenvalue weighted by molar-refractivity contribution is 7.99. The summed E-state index contributed by atoms with van der Waals surface area (Å²) in [5, 5.41) is 2.90.